The van der Waals surface area contributed by atoms with Crippen LogP contribution in [-0.2, 0) is 55.8 Å². The van der Waals surface area contributed by atoms with Crippen molar-refractivity contribution in [1.29, 1.82) is 0 Å². The van der Waals surface area contributed by atoms with Crippen LogP contribution in [0.3, 0.4) is 0 Å². The van der Waals surface area contributed by atoms with Crippen molar-refractivity contribution in [2.75, 3.05) is 97.5 Å². The van der Waals surface area contributed by atoms with Crippen LogP contribution in [0.2, 0.25) is 0 Å². The lowest BCUT2D eigenvalue weighted by Gasteiger charge is -2.55. The molecular weight excluding hydrogens is 1020 g/mol. The third-order valence-corrected chi connectivity index (χ3v) is 20.0. The second kappa shape index (κ2) is 21.6. The van der Waals surface area contributed by atoms with Crippen molar-refractivity contribution < 1.29 is 42.8 Å². The normalized spacial score (nSPS) is 30.0. The summed E-state index contributed by atoms with van der Waals surface area (Å²) < 4.78 is 39.8. The molecule has 8 bridgehead atoms. The van der Waals surface area contributed by atoms with Gasteiger partial charge in [-0.2, -0.15) is 0 Å². The second-order valence-corrected chi connectivity index (χ2v) is 26.3. The van der Waals surface area contributed by atoms with Gasteiger partial charge in [-0.05, 0) is 114 Å². The predicted octanol–water partition coefficient (Wildman–Crippen LogP) is 6.84. The number of benzene rings is 1. The Morgan fingerprint density at radius 1 is 0.962 bits per heavy atom. The van der Waals surface area contributed by atoms with Crippen LogP contribution in [0.5, 0.6) is 0 Å². The Labute approximate surface area is 468 Å². The van der Waals surface area contributed by atoms with E-state index < -0.39 is 35.1 Å². The first-order valence-electron chi connectivity index (χ1n) is 29.6. The molecule has 18 nitrogen and oxygen atoms in total. The summed E-state index contributed by atoms with van der Waals surface area (Å²) in [6.45, 7) is 18.2. The number of nitrogens with one attached hydrogen (secondary N) is 2. The quantitative estimate of drug-likeness (QED) is 0.141. The van der Waals surface area contributed by atoms with Crippen LogP contribution in [0.4, 0.5) is 5.69 Å². The Hall–Kier alpha value is -4.57. The van der Waals surface area contributed by atoms with Crippen LogP contribution in [-0.4, -0.2) is 176 Å². The van der Waals surface area contributed by atoms with Gasteiger partial charge in [-0.3, -0.25) is 34.2 Å². The number of rotatable bonds is 12. The lowest BCUT2D eigenvalue weighted by Crippen LogP contribution is -2.68. The van der Waals surface area contributed by atoms with Gasteiger partial charge in [0.25, 0.3) is 11.8 Å². The molecule has 5 atom stereocenters. The fraction of sp³-hybridized carbons (Fsp3) is 0.683. The van der Waals surface area contributed by atoms with Crippen molar-refractivity contribution in [1.82, 2.24) is 40.1 Å². The summed E-state index contributed by atoms with van der Waals surface area (Å²) >= 11 is 1.53. The summed E-state index contributed by atoms with van der Waals surface area (Å²) in [5.41, 5.74) is 9.68. The maximum Gasteiger partial charge on any atom is 0.324 e. The van der Waals surface area contributed by atoms with Crippen molar-refractivity contribution in [3.05, 3.63) is 52.1 Å². The Balaban J connectivity index is 0.950. The van der Waals surface area contributed by atoms with Crippen LogP contribution in [0.15, 0.2) is 35.8 Å². The van der Waals surface area contributed by atoms with Crippen LogP contribution in [0.1, 0.15) is 120 Å². The summed E-state index contributed by atoms with van der Waals surface area (Å²) in [6.07, 6.45) is 11.1. The van der Waals surface area contributed by atoms with Gasteiger partial charge in [0.1, 0.15) is 22.7 Å². The zero-order chi connectivity index (χ0) is 54.2. The van der Waals surface area contributed by atoms with Crippen LogP contribution >= 0.6 is 11.3 Å². The molecule has 8 aliphatic heterocycles. The number of amides is 2. The molecule has 3 aromatic heterocycles. The van der Waals surface area contributed by atoms with Gasteiger partial charge in [0.05, 0.1) is 73.1 Å². The number of hydrogen-bond acceptors (Lipinski definition) is 16. The number of piperazine rings is 1. The fourth-order valence-corrected chi connectivity index (χ4v) is 15.4. The van der Waals surface area contributed by atoms with E-state index in [1.807, 2.05) is 13.1 Å². The van der Waals surface area contributed by atoms with Crippen molar-refractivity contribution in [3.8, 4) is 22.5 Å². The first-order chi connectivity index (χ1) is 38.3. The van der Waals surface area contributed by atoms with Gasteiger partial charge in [0.15, 0.2) is 0 Å². The third-order valence-electron chi connectivity index (χ3n) is 19.1. The summed E-state index contributed by atoms with van der Waals surface area (Å²) in [6, 6.07) is 7.34. The Kier molecular flexibility index (Phi) is 14.7. The van der Waals surface area contributed by atoms with E-state index in [9.17, 15) is 9.59 Å². The van der Waals surface area contributed by atoms with E-state index in [-0.39, 0.29) is 42.1 Å². The van der Waals surface area contributed by atoms with Crippen LogP contribution in [0.25, 0.3) is 33.4 Å². The molecule has 7 saturated heterocycles. The molecule has 1 spiro atoms. The Morgan fingerprint density at radius 2 is 1.77 bits per heavy atom. The molecule has 2 N–H and O–H groups in total. The molecule has 426 valence electrons. The third kappa shape index (κ3) is 10.4. The maximum absolute atomic E-state index is 15.5. The fourth-order valence-electron chi connectivity index (χ4n) is 14.4. The summed E-state index contributed by atoms with van der Waals surface area (Å²) in [5.74, 6) is -0.667. The molecule has 11 heterocycles. The average molecular weight is 1100 g/mol. The van der Waals surface area contributed by atoms with E-state index in [1.54, 1.807) is 12.1 Å². The van der Waals surface area contributed by atoms with Gasteiger partial charge in [-0.25, -0.2) is 10.4 Å². The number of nitrogens with zero attached hydrogens (tertiary/aromatic N) is 7. The Morgan fingerprint density at radius 3 is 2.51 bits per heavy atom. The highest BCUT2D eigenvalue weighted by molar-refractivity contribution is 7.10. The smallest absolute Gasteiger partial charge is 0.324 e. The topological polar surface area (TPSA) is 174 Å². The highest BCUT2D eigenvalue weighted by Gasteiger charge is 2.62. The molecule has 9 fully saturated rings. The van der Waals surface area contributed by atoms with Gasteiger partial charge in [-0.1, -0.05) is 19.9 Å². The van der Waals surface area contributed by atoms with E-state index >= 15 is 4.79 Å². The number of pyridine rings is 1. The van der Waals surface area contributed by atoms with E-state index in [2.05, 4.69) is 80.4 Å². The second-order valence-electron chi connectivity index (χ2n) is 25.4. The predicted molar refractivity (Wildman–Crippen MR) is 299 cm³/mol. The minimum Gasteiger partial charge on any atom is -0.464 e. The van der Waals surface area contributed by atoms with Crippen LogP contribution in [0, 0.1) is 16.7 Å². The number of thiazole rings is 1. The lowest BCUT2D eigenvalue weighted by molar-refractivity contribution is -0.160. The molecule has 79 heavy (non-hydrogen) atoms. The monoisotopic (exact) mass is 1100 g/mol. The molecule has 2 saturated carbocycles. The number of ether oxygens (including phenoxy) is 6. The molecule has 19 heteroatoms. The number of aromatic nitrogens is 3. The van der Waals surface area contributed by atoms with Gasteiger partial charge in [0.2, 0.25) is 0 Å². The molecule has 4 aromatic rings. The molecule has 0 unspecified atom stereocenters. The standard InChI is InChI=1S/C60H81N9O9S/c1-37-40-28-60(29-40,78-37)57(72)63-51-53(67-33-59(34-67)15-7-22-75-36-59)54-62-48(32-79-54)39-9-12-49-44(26-39)46(30-58(3,4)35-77-56(71)47-8-6-16-69(64-47)55(51)70)52(68(49)21-25-76-43-13-23-74-24-14-43)45-27-42(31-61-50(45)38(2)73-5)66-19-17-65(18-20-66)41-10-11-41/h9,12,26-27,31-32,37-38,40-41,43,47,51,53,64H,6-8,10-11,13-25,28-30,33-36H2,1-5H3,(H,63,72)/t37-,38-,40?,47-,51-,53-,60?/m0/s1. The summed E-state index contributed by atoms with van der Waals surface area (Å²) in [5, 5.41) is 8.80. The summed E-state index contributed by atoms with van der Waals surface area (Å²) in [4.78, 5) is 62.9. The Bertz CT molecular complexity index is 2910. The number of likely N-dealkylation sites (tertiary alicyclic amines) is 1. The maximum atomic E-state index is 15.5. The number of anilines is 1. The van der Waals surface area contributed by atoms with Gasteiger partial charge >= 0.3 is 5.97 Å². The van der Waals surface area contributed by atoms with Gasteiger partial charge in [0, 0.05) is 124 Å². The molecule has 2 amide bonds. The number of hydrazine groups is 1. The minimum atomic E-state index is -1.04. The zero-order valence-electron chi connectivity index (χ0n) is 47.0. The largest absolute Gasteiger partial charge is 0.464 e. The number of esters is 1. The van der Waals surface area contributed by atoms with E-state index in [4.69, 9.17) is 38.4 Å². The van der Waals surface area contributed by atoms with Crippen LogP contribution < -0.4 is 15.6 Å². The van der Waals surface area contributed by atoms with E-state index in [0.29, 0.717) is 90.6 Å². The summed E-state index contributed by atoms with van der Waals surface area (Å²) in [7, 11) is 1.75. The lowest BCUT2D eigenvalue weighted by atomic mass is 9.72. The number of carbonyl (C=O) groups is 3. The molecule has 1 aromatic carbocycles. The zero-order valence-corrected chi connectivity index (χ0v) is 47.8. The SMILES string of the molecule is CO[C@@H](C)c1ncc(N2CCN(C3CC3)CC2)cc1-c1c2c3cc(ccc3n1CCOC1CCOCC1)-c1csc(n1)[C@@H](N1CC3(CCCOC3)C1)[C@H](NC(=O)C13CC(C1)[C@H](C)O3)C(=O)N1CCC[C@H](N1)C(=O)OCC(C)(C)C2. The number of cyclic esters (lactones) is 1. The number of hydrogen-bond donors (Lipinski definition) is 2. The van der Waals surface area contributed by atoms with Crippen molar-refractivity contribution in [2.45, 2.75) is 153 Å². The molecule has 0 radical (unpaired) electrons. The molecular formula is C60H81N9O9S. The van der Waals surface area contributed by atoms with E-state index in [1.165, 1.54) is 24.2 Å². The molecule has 2 aliphatic carbocycles. The molecule has 10 aliphatic rings. The average Bonchev–Trinajstić information content (AvgIpc) is 4.01. The van der Waals surface area contributed by atoms with Gasteiger partial charge in [-0.15, -0.1) is 11.3 Å². The highest BCUT2D eigenvalue weighted by atomic mass is 32.1. The molecule has 14 rings (SSSR count). The van der Waals surface area contributed by atoms with E-state index in [0.717, 1.165) is 120 Å². The minimum absolute atomic E-state index is 0.0296. The van der Waals surface area contributed by atoms with Crippen molar-refractivity contribution >= 4 is 45.7 Å². The number of carbonyl (C=O) groups excluding carboxylic acids is 3. The van der Waals surface area contributed by atoms with Gasteiger partial charge < -0.3 is 43.2 Å². The first-order valence-corrected chi connectivity index (χ1v) is 30.5. The van der Waals surface area contributed by atoms with Crippen molar-refractivity contribution in [3.63, 3.8) is 0 Å². The highest BCUT2D eigenvalue weighted by Crippen LogP contribution is 2.53. The first kappa shape index (κ1) is 53.7. The number of methoxy groups -OCH3 is 1. The number of fused-ring (bicyclic) bond motifs is 7. The van der Waals surface area contributed by atoms with Crippen molar-refractivity contribution in [2.24, 2.45) is 16.7 Å².